The highest BCUT2D eigenvalue weighted by atomic mass is 35.5. The zero-order valence-electron chi connectivity index (χ0n) is 20.6. The smallest absolute Gasteiger partial charge is 0.335 e. The number of urea groups is 1. The minimum atomic E-state index is -0.862. The maximum Gasteiger partial charge on any atom is 0.335 e. The Hall–Kier alpha value is -4.63. The SMILES string of the molecule is CCOc1ccc(N2C(=O)NC(=O)/C(=C\c3ccccc3OCC(=O)Nc3ccc(C)c(Cl)c3)C2=O)cc1. The number of ether oxygens (including phenoxy) is 2. The number of para-hydroxylation sites is 1. The van der Waals surface area contributed by atoms with Gasteiger partial charge in [-0.25, -0.2) is 9.69 Å². The van der Waals surface area contributed by atoms with Crippen molar-refractivity contribution in [1.29, 1.82) is 0 Å². The van der Waals surface area contributed by atoms with Crippen molar-refractivity contribution in [2.75, 3.05) is 23.4 Å². The lowest BCUT2D eigenvalue weighted by Gasteiger charge is -2.26. The Morgan fingerprint density at radius 2 is 1.76 bits per heavy atom. The number of imide groups is 2. The number of barbiturate groups is 1. The summed E-state index contributed by atoms with van der Waals surface area (Å²) in [6.45, 7) is 3.83. The van der Waals surface area contributed by atoms with E-state index in [2.05, 4.69) is 10.6 Å². The second-order valence-corrected chi connectivity index (χ2v) is 8.63. The number of anilines is 2. The van der Waals surface area contributed by atoms with E-state index >= 15 is 0 Å². The summed E-state index contributed by atoms with van der Waals surface area (Å²) < 4.78 is 11.1. The summed E-state index contributed by atoms with van der Waals surface area (Å²) in [7, 11) is 0. The molecule has 5 amide bonds. The summed E-state index contributed by atoms with van der Waals surface area (Å²) in [5.41, 5.74) is 1.78. The molecule has 0 aliphatic carbocycles. The van der Waals surface area contributed by atoms with Gasteiger partial charge in [-0.15, -0.1) is 0 Å². The molecule has 9 nitrogen and oxygen atoms in total. The third-order valence-electron chi connectivity index (χ3n) is 5.54. The van der Waals surface area contributed by atoms with Gasteiger partial charge in [0.1, 0.15) is 17.1 Å². The first kappa shape index (κ1) is 26.4. The summed E-state index contributed by atoms with van der Waals surface area (Å²) in [5.74, 6) is -1.22. The number of amides is 5. The molecule has 4 rings (SSSR count). The van der Waals surface area contributed by atoms with E-state index in [0.717, 1.165) is 10.5 Å². The monoisotopic (exact) mass is 533 g/mol. The molecule has 0 atom stereocenters. The lowest BCUT2D eigenvalue weighted by atomic mass is 10.1. The Morgan fingerprint density at radius 1 is 1.03 bits per heavy atom. The van der Waals surface area contributed by atoms with Gasteiger partial charge >= 0.3 is 6.03 Å². The molecule has 0 aromatic heterocycles. The molecule has 38 heavy (non-hydrogen) atoms. The van der Waals surface area contributed by atoms with Crippen LogP contribution >= 0.6 is 11.6 Å². The van der Waals surface area contributed by atoms with E-state index in [9.17, 15) is 19.2 Å². The van der Waals surface area contributed by atoms with Crippen LogP contribution in [0.4, 0.5) is 16.2 Å². The molecule has 1 fully saturated rings. The van der Waals surface area contributed by atoms with Crippen LogP contribution in [-0.2, 0) is 14.4 Å². The van der Waals surface area contributed by atoms with Crippen LogP contribution < -0.4 is 25.0 Å². The highest BCUT2D eigenvalue weighted by Crippen LogP contribution is 2.27. The van der Waals surface area contributed by atoms with Crippen molar-refractivity contribution in [3.05, 3.63) is 88.5 Å². The number of carbonyl (C=O) groups excluding carboxylic acids is 4. The minimum Gasteiger partial charge on any atom is -0.494 e. The number of benzene rings is 3. The Bertz CT molecular complexity index is 1430. The van der Waals surface area contributed by atoms with Crippen molar-refractivity contribution < 1.29 is 28.7 Å². The van der Waals surface area contributed by atoms with Crippen molar-refractivity contribution in [1.82, 2.24) is 5.32 Å². The van der Waals surface area contributed by atoms with Gasteiger partial charge in [-0.1, -0.05) is 35.9 Å². The van der Waals surface area contributed by atoms with Gasteiger partial charge in [0.15, 0.2) is 6.61 Å². The lowest BCUT2D eigenvalue weighted by molar-refractivity contribution is -0.122. The number of rotatable bonds is 8. The number of aryl methyl sites for hydroxylation is 1. The zero-order chi connectivity index (χ0) is 27.2. The summed E-state index contributed by atoms with van der Waals surface area (Å²) in [4.78, 5) is 51.6. The van der Waals surface area contributed by atoms with E-state index in [1.165, 1.54) is 6.08 Å². The Balaban J connectivity index is 1.52. The van der Waals surface area contributed by atoms with Crippen molar-refractivity contribution in [3.8, 4) is 11.5 Å². The fourth-order valence-electron chi connectivity index (χ4n) is 3.65. The first-order chi connectivity index (χ1) is 18.3. The number of nitrogens with one attached hydrogen (secondary N) is 2. The molecular weight excluding hydrogens is 510 g/mol. The van der Waals surface area contributed by atoms with E-state index in [-0.39, 0.29) is 23.6 Å². The molecule has 0 bridgehead atoms. The van der Waals surface area contributed by atoms with E-state index in [1.807, 2.05) is 13.8 Å². The molecule has 2 N–H and O–H groups in total. The van der Waals surface area contributed by atoms with Crippen LogP contribution in [0.2, 0.25) is 5.02 Å². The molecule has 0 unspecified atom stereocenters. The van der Waals surface area contributed by atoms with Gasteiger partial charge in [-0.3, -0.25) is 19.7 Å². The number of hydrogen-bond donors (Lipinski definition) is 2. The number of hydrogen-bond acceptors (Lipinski definition) is 6. The van der Waals surface area contributed by atoms with Gasteiger partial charge < -0.3 is 14.8 Å². The van der Waals surface area contributed by atoms with Gasteiger partial charge in [0.05, 0.1) is 12.3 Å². The Morgan fingerprint density at radius 3 is 2.47 bits per heavy atom. The van der Waals surface area contributed by atoms with Gasteiger partial charge in [0, 0.05) is 16.3 Å². The molecule has 1 aliphatic rings. The molecule has 1 heterocycles. The van der Waals surface area contributed by atoms with E-state index < -0.39 is 23.8 Å². The van der Waals surface area contributed by atoms with Gasteiger partial charge in [-0.05, 0) is 68.0 Å². The maximum atomic E-state index is 13.2. The molecule has 1 aliphatic heterocycles. The molecule has 3 aromatic rings. The van der Waals surface area contributed by atoms with Crippen molar-refractivity contribution in [2.45, 2.75) is 13.8 Å². The minimum absolute atomic E-state index is 0.266. The topological polar surface area (TPSA) is 114 Å². The van der Waals surface area contributed by atoms with Gasteiger partial charge in [-0.2, -0.15) is 0 Å². The molecular formula is C28H24ClN3O6. The van der Waals surface area contributed by atoms with Crippen molar-refractivity contribution in [3.63, 3.8) is 0 Å². The normalized spacial score (nSPS) is 14.3. The average molecular weight is 534 g/mol. The summed E-state index contributed by atoms with van der Waals surface area (Å²) >= 11 is 6.11. The maximum absolute atomic E-state index is 13.2. The van der Waals surface area contributed by atoms with E-state index in [1.54, 1.807) is 66.7 Å². The predicted molar refractivity (Wildman–Crippen MR) is 143 cm³/mol. The molecule has 0 spiro atoms. The zero-order valence-corrected chi connectivity index (χ0v) is 21.4. The van der Waals surface area contributed by atoms with E-state index in [4.69, 9.17) is 21.1 Å². The highest BCUT2D eigenvalue weighted by Gasteiger charge is 2.37. The summed E-state index contributed by atoms with van der Waals surface area (Å²) in [5, 5.41) is 5.41. The Kier molecular flexibility index (Phi) is 8.08. The molecule has 194 valence electrons. The largest absolute Gasteiger partial charge is 0.494 e. The standard InChI is InChI=1S/C28H24ClN3O6/c1-3-37-21-12-10-20(11-13-21)32-27(35)22(26(34)31-28(32)36)14-18-6-4-5-7-24(18)38-16-25(33)30-19-9-8-17(2)23(29)15-19/h4-15H,3,16H2,1-2H3,(H,30,33)(H,31,34,36)/b22-14+. The van der Waals surface area contributed by atoms with Crippen molar-refractivity contribution >= 4 is 52.8 Å². The summed E-state index contributed by atoms with van der Waals surface area (Å²) in [6.07, 6.45) is 1.32. The first-order valence-electron chi connectivity index (χ1n) is 11.7. The van der Waals surface area contributed by atoms with Crippen LogP contribution in [0.15, 0.2) is 72.3 Å². The highest BCUT2D eigenvalue weighted by molar-refractivity contribution is 6.39. The lowest BCUT2D eigenvalue weighted by Crippen LogP contribution is -2.54. The molecule has 0 radical (unpaired) electrons. The number of nitrogens with zero attached hydrogens (tertiary/aromatic N) is 1. The first-order valence-corrected chi connectivity index (χ1v) is 12.1. The number of carbonyl (C=O) groups is 4. The number of halogens is 1. The van der Waals surface area contributed by atoms with Crippen LogP contribution in [0.1, 0.15) is 18.1 Å². The second kappa shape index (κ2) is 11.6. The fourth-order valence-corrected chi connectivity index (χ4v) is 3.83. The van der Waals surface area contributed by atoms with E-state index in [0.29, 0.717) is 28.6 Å². The van der Waals surface area contributed by atoms with Crippen LogP contribution in [0.5, 0.6) is 11.5 Å². The molecule has 0 saturated carbocycles. The molecule has 10 heteroatoms. The Labute approximate surface area is 224 Å². The van der Waals surface area contributed by atoms with Gasteiger partial charge in [0.25, 0.3) is 17.7 Å². The fraction of sp³-hybridized carbons (Fsp3) is 0.143. The van der Waals surface area contributed by atoms with Gasteiger partial charge in [0.2, 0.25) is 0 Å². The van der Waals surface area contributed by atoms with Crippen LogP contribution in [0.25, 0.3) is 6.08 Å². The van der Waals surface area contributed by atoms with Crippen LogP contribution in [0.3, 0.4) is 0 Å². The van der Waals surface area contributed by atoms with Crippen molar-refractivity contribution in [2.24, 2.45) is 0 Å². The molecule has 1 saturated heterocycles. The van der Waals surface area contributed by atoms with Crippen LogP contribution in [0, 0.1) is 6.92 Å². The summed E-state index contributed by atoms with van der Waals surface area (Å²) in [6, 6.07) is 17.2. The quantitative estimate of drug-likeness (QED) is 0.319. The third kappa shape index (κ3) is 6.01. The predicted octanol–water partition coefficient (Wildman–Crippen LogP) is 4.73. The third-order valence-corrected chi connectivity index (χ3v) is 5.95. The average Bonchev–Trinajstić information content (AvgIpc) is 2.89. The van der Waals surface area contributed by atoms with Crippen LogP contribution in [-0.4, -0.2) is 37.0 Å². The second-order valence-electron chi connectivity index (χ2n) is 8.22. The molecule has 3 aromatic carbocycles.